The van der Waals surface area contributed by atoms with Crippen molar-refractivity contribution in [3.63, 3.8) is 0 Å². The monoisotopic (exact) mass is 320 g/mol. The summed E-state index contributed by atoms with van der Waals surface area (Å²) in [4.78, 5) is 16.0. The number of carbonyl (C=O) groups excluding carboxylic acids is 1. The zero-order valence-electron chi connectivity index (χ0n) is 13.9. The van der Waals surface area contributed by atoms with Crippen LogP contribution in [0.15, 0.2) is 24.3 Å². The zero-order valence-corrected chi connectivity index (χ0v) is 13.9. The summed E-state index contributed by atoms with van der Waals surface area (Å²) < 4.78 is 19.4. The number of halogens is 1. The highest BCUT2D eigenvalue weighted by Gasteiger charge is 2.44. The molecule has 0 radical (unpaired) electrons. The zero-order chi connectivity index (χ0) is 16.4. The number of likely N-dealkylation sites (tertiary alicyclic amines) is 1. The first-order valence-corrected chi connectivity index (χ1v) is 8.33. The van der Waals surface area contributed by atoms with Crippen molar-refractivity contribution in [1.29, 1.82) is 0 Å². The molecule has 2 saturated heterocycles. The van der Waals surface area contributed by atoms with Gasteiger partial charge < -0.3 is 9.64 Å². The summed E-state index contributed by atoms with van der Waals surface area (Å²) >= 11 is 0. The highest BCUT2D eigenvalue weighted by Crippen LogP contribution is 2.39. The predicted molar refractivity (Wildman–Crippen MR) is 86.4 cm³/mol. The second-order valence-electron chi connectivity index (χ2n) is 6.97. The van der Waals surface area contributed by atoms with Crippen LogP contribution in [0, 0.1) is 5.82 Å². The Hall–Kier alpha value is -1.46. The number of likely N-dealkylation sites (N-methyl/N-ethyl adjacent to an activating group) is 1. The van der Waals surface area contributed by atoms with Gasteiger partial charge in [-0.25, -0.2) is 4.39 Å². The van der Waals surface area contributed by atoms with E-state index in [4.69, 9.17) is 4.74 Å². The first kappa shape index (κ1) is 16.4. The van der Waals surface area contributed by atoms with Crippen LogP contribution < -0.4 is 0 Å². The fraction of sp³-hybridized carbons (Fsp3) is 0.611. The Balaban J connectivity index is 1.53. The number of piperidine rings is 1. The molecular weight excluding hydrogens is 295 g/mol. The maximum Gasteiger partial charge on any atom is 0.251 e. The lowest BCUT2D eigenvalue weighted by molar-refractivity contribution is -0.148. The van der Waals surface area contributed by atoms with Crippen LogP contribution in [0.3, 0.4) is 0 Å². The van der Waals surface area contributed by atoms with Crippen LogP contribution in [-0.2, 0) is 16.1 Å². The average molecular weight is 320 g/mol. The van der Waals surface area contributed by atoms with E-state index in [1.807, 2.05) is 6.07 Å². The number of carbonyl (C=O) groups is 1. The molecule has 23 heavy (non-hydrogen) atoms. The molecule has 0 aromatic heterocycles. The van der Waals surface area contributed by atoms with Crippen molar-refractivity contribution in [2.24, 2.45) is 0 Å². The summed E-state index contributed by atoms with van der Waals surface area (Å²) in [6, 6.07) is 6.80. The summed E-state index contributed by atoms with van der Waals surface area (Å²) in [5.41, 5.74) is 0.878. The quantitative estimate of drug-likeness (QED) is 0.857. The number of amides is 1. The summed E-state index contributed by atoms with van der Waals surface area (Å²) in [6.07, 6.45) is 3.39. The molecular formula is C18H25FN2O2. The molecule has 1 amide bonds. The minimum absolute atomic E-state index is 0.0732. The van der Waals surface area contributed by atoms with Gasteiger partial charge >= 0.3 is 0 Å². The van der Waals surface area contributed by atoms with Crippen molar-refractivity contribution < 1.29 is 13.9 Å². The molecule has 1 aromatic rings. The lowest BCUT2D eigenvalue weighted by Gasteiger charge is -2.39. The summed E-state index contributed by atoms with van der Waals surface area (Å²) in [5.74, 6) is -0.107. The van der Waals surface area contributed by atoms with Crippen LogP contribution in [0.25, 0.3) is 0 Å². The van der Waals surface area contributed by atoms with Crippen LogP contribution in [-0.4, -0.2) is 54.6 Å². The van der Waals surface area contributed by atoms with Gasteiger partial charge in [-0.15, -0.1) is 0 Å². The molecule has 1 atom stereocenters. The molecule has 2 fully saturated rings. The van der Waals surface area contributed by atoms with Gasteiger partial charge in [0.25, 0.3) is 5.91 Å². The summed E-state index contributed by atoms with van der Waals surface area (Å²) in [6.45, 7) is 2.63. The molecule has 2 aliphatic heterocycles. The molecule has 0 saturated carbocycles. The van der Waals surface area contributed by atoms with Crippen LogP contribution in [0.5, 0.6) is 0 Å². The molecule has 5 heteroatoms. The van der Waals surface area contributed by atoms with Gasteiger partial charge in [0.05, 0.1) is 5.60 Å². The second kappa shape index (κ2) is 6.57. The van der Waals surface area contributed by atoms with Crippen molar-refractivity contribution in [1.82, 2.24) is 9.80 Å². The Morgan fingerprint density at radius 1 is 1.35 bits per heavy atom. The van der Waals surface area contributed by atoms with E-state index in [2.05, 4.69) is 4.90 Å². The van der Waals surface area contributed by atoms with E-state index in [-0.39, 0.29) is 23.4 Å². The van der Waals surface area contributed by atoms with E-state index in [1.54, 1.807) is 31.1 Å². The third kappa shape index (κ3) is 3.72. The molecule has 2 aliphatic rings. The maximum atomic E-state index is 13.3. The van der Waals surface area contributed by atoms with E-state index in [9.17, 15) is 9.18 Å². The summed E-state index contributed by atoms with van der Waals surface area (Å²) in [5, 5.41) is 0. The maximum absolute atomic E-state index is 13.3. The largest absolute Gasteiger partial charge is 0.362 e. The molecule has 0 N–H and O–H groups in total. The number of hydrogen-bond donors (Lipinski definition) is 0. The van der Waals surface area contributed by atoms with Crippen LogP contribution >= 0.6 is 0 Å². The fourth-order valence-corrected chi connectivity index (χ4v) is 3.66. The van der Waals surface area contributed by atoms with Gasteiger partial charge in [-0.3, -0.25) is 9.69 Å². The Bertz CT molecular complexity index is 568. The Kier molecular flexibility index (Phi) is 4.69. The van der Waals surface area contributed by atoms with Crippen molar-refractivity contribution in [3.8, 4) is 0 Å². The number of nitrogens with zero attached hydrogens (tertiary/aromatic N) is 2. The number of benzene rings is 1. The van der Waals surface area contributed by atoms with Gasteiger partial charge in [0.2, 0.25) is 0 Å². The molecule has 0 aliphatic carbocycles. The van der Waals surface area contributed by atoms with Crippen LogP contribution in [0.1, 0.15) is 31.2 Å². The van der Waals surface area contributed by atoms with Crippen molar-refractivity contribution in [2.75, 3.05) is 27.2 Å². The normalized spacial score (nSPS) is 24.0. The number of rotatable bonds is 3. The molecule has 1 spiro atoms. The van der Waals surface area contributed by atoms with Gasteiger partial charge in [0.15, 0.2) is 0 Å². The van der Waals surface area contributed by atoms with E-state index >= 15 is 0 Å². The standard InChI is InChI=1S/C18H25FN2O2/c1-20(2)17(22)16-6-7-18(23-16)8-10-21(11-9-18)13-14-4-3-5-15(19)12-14/h3-5,12,16H,6-11,13H2,1-2H3. The van der Waals surface area contributed by atoms with Crippen molar-refractivity contribution >= 4 is 5.91 Å². The Labute approximate surface area is 137 Å². The molecule has 1 aromatic carbocycles. The first-order chi connectivity index (χ1) is 11.0. The smallest absolute Gasteiger partial charge is 0.251 e. The highest BCUT2D eigenvalue weighted by atomic mass is 19.1. The minimum atomic E-state index is -0.278. The van der Waals surface area contributed by atoms with Gasteiger partial charge in [0.1, 0.15) is 11.9 Å². The lowest BCUT2D eigenvalue weighted by Crippen LogP contribution is -2.45. The third-order valence-corrected chi connectivity index (χ3v) is 5.03. The van der Waals surface area contributed by atoms with E-state index in [0.29, 0.717) is 0 Å². The SMILES string of the molecule is CN(C)C(=O)C1CCC2(CCN(Cc3cccc(F)c3)CC2)O1. The van der Waals surface area contributed by atoms with Gasteiger partial charge in [-0.05, 0) is 43.4 Å². The highest BCUT2D eigenvalue weighted by molar-refractivity contribution is 5.80. The molecule has 2 heterocycles. The van der Waals surface area contributed by atoms with Crippen molar-refractivity contribution in [3.05, 3.63) is 35.6 Å². The molecule has 4 nitrogen and oxygen atoms in total. The molecule has 0 bridgehead atoms. The number of hydrogen-bond acceptors (Lipinski definition) is 3. The number of ether oxygens (including phenoxy) is 1. The minimum Gasteiger partial charge on any atom is -0.362 e. The van der Waals surface area contributed by atoms with Crippen LogP contribution in [0.2, 0.25) is 0 Å². The Morgan fingerprint density at radius 2 is 2.09 bits per heavy atom. The topological polar surface area (TPSA) is 32.8 Å². The second-order valence-corrected chi connectivity index (χ2v) is 6.97. The lowest BCUT2D eigenvalue weighted by atomic mass is 9.88. The van der Waals surface area contributed by atoms with E-state index < -0.39 is 0 Å². The van der Waals surface area contributed by atoms with E-state index in [0.717, 1.165) is 50.9 Å². The summed E-state index contributed by atoms with van der Waals surface area (Å²) in [7, 11) is 3.55. The average Bonchev–Trinajstić information content (AvgIpc) is 2.93. The Morgan fingerprint density at radius 3 is 2.74 bits per heavy atom. The van der Waals surface area contributed by atoms with Gasteiger partial charge in [-0.2, -0.15) is 0 Å². The van der Waals surface area contributed by atoms with Gasteiger partial charge in [0, 0.05) is 33.7 Å². The first-order valence-electron chi connectivity index (χ1n) is 8.33. The third-order valence-electron chi connectivity index (χ3n) is 5.03. The fourth-order valence-electron chi connectivity index (χ4n) is 3.66. The van der Waals surface area contributed by atoms with Crippen molar-refractivity contribution in [2.45, 2.75) is 43.9 Å². The van der Waals surface area contributed by atoms with Crippen LogP contribution in [0.4, 0.5) is 4.39 Å². The van der Waals surface area contributed by atoms with Gasteiger partial charge in [-0.1, -0.05) is 12.1 Å². The predicted octanol–water partition coefficient (Wildman–Crippen LogP) is 2.43. The van der Waals surface area contributed by atoms with E-state index in [1.165, 1.54) is 6.07 Å². The molecule has 1 unspecified atom stereocenters. The molecule has 126 valence electrons. The molecule has 3 rings (SSSR count).